The van der Waals surface area contributed by atoms with Crippen molar-refractivity contribution < 1.29 is 27.8 Å². The maximum absolute atomic E-state index is 14.3. The third-order valence-corrected chi connectivity index (χ3v) is 9.28. The number of aryl methyl sites for hydroxylation is 3. The Kier molecular flexibility index (Phi) is 8.22. The molecule has 4 aromatic heterocycles. The van der Waals surface area contributed by atoms with E-state index in [0.717, 1.165) is 6.07 Å². The van der Waals surface area contributed by atoms with Crippen LogP contribution >= 0.6 is 22.9 Å². The summed E-state index contributed by atoms with van der Waals surface area (Å²) < 4.78 is 52.4. The number of aromatic nitrogens is 5. The van der Waals surface area contributed by atoms with E-state index in [0.29, 0.717) is 43.5 Å². The summed E-state index contributed by atoms with van der Waals surface area (Å²) >= 11 is 7.58. The Bertz CT molecular complexity index is 2410. The fourth-order valence-electron chi connectivity index (χ4n) is 5.69. The third-order valence-electron chi connectivity index (χ3n) is 8.05. The lowest BCUT2D eigenvalue weighted by Gasteiger charge is -2.18. The zero-order valence-corrected chi connectivity index (χ0v) is 27.3. The lowest BCUT2D eigenvalue weighted by molar-refractivity contribution is -0.137. The van der Waals surface area contributed by atoms with Crippen LogP contribution in [0.5, 0.6) is 5.75 Å². The molecule has 0 unspecified atom stereocenters. The number of fused-ring (bicyclic) bond motifs is 2. The highest BCUT2D eigenvalue weighted by molar-refractivity contribution is 7.18. The van der Waals surface area contributed by atoms with Gasteiger partial charge in [0.05, 0.1) is 50.6 Å². The van der Waals surface area contributed by atoms with E-state index in [2.05, 4.69) is 15.1 Å². The second-order valence-corrected chi connectivity index (χ2v) is 12.3. The first-order valence-corrected chi connectivity index (χ1v) is 15.6. The van der Waals surface area contributed by atoms with E-state index in [1.165, 1.54) is 39.1 Å². The van der Waals surface area contributed by atoms with Crippen molar-refractivity contribution in [3.05, 3.63) is 91.2 Å². The molecule has 1 N–H and O–H groups in total. The minimum absolute atomic E-state index is 0.0598. The number of benzene rings is 2. The quantitative estimate of drug-likeness (QED) is 0.184. The molecule has 0 saturated heterocycles. The lowest BCUT2D eigenvalue weighted by Crippen LogP contribution is -2.27. The highest BCUT2D eigenvalue weighted by Crippen LogP contribution is 2.43. The number of alkyl halides is 3. The van der Waals surface area contributed by atoms with Crippen LogP contribution in [0.15, 0.2) is 46.7 Å². The molecule has 15 heteroatoms. The Morgan fingerprint density at radius 3 is 2.52 bits per heavy atom. The number of nitriles is 1. The first kappa shape index (κ1) is 32.7. The molecule has 2 aromatic carbocycles. The van der Waals surface area contributed by atoms with Crippen molar-refractivity contribution >= 4 is 50.0 Å². The van der Waals surface area contributed by atoms with Crippen molar-refractivity contribution in [3.63, 3.8) is 0 Å². The fourth-order valence-corrected chi connectivity index (χ4v) is 6.87. The van der Waals surface area contributed by atoms with Gasteiger partial charge in [0.2, 0.25) is 0 Å². The standard InChI is InChI=1S/C33H24ClF3N6O4S/c1-15-9-20(30-29(40-15)23(14-48-30)32(45)46)19-10-18(34)5-6-26(19)47-8-7-43-17(3)41-25-11-24(33(35,36)37)27(21(12-38)28(25)31(43)44)22-13-39-42(4)16(22)2/h5-6,9-11,13-14H,7-8H2,1-4H3,(H,45,46). The van der Waals surface area contributed by atoms with Gasteiger partial charge < -0.3 is 9.84 Å². The Morgan fingerprint density at radius 1 is 1.12 bits per heavy atom. The molecule has 0 bridgehead atoms. The van der Waals surface area contributed by atoms with E-state index in [1.54, 1.807) is 45.2 Å². The van der Waals surface area contributed by atoms with Crippen molar-refractivity contribution in [2.45, 2.75) is 33.5 Å². The zero-order valence-electron chi connectivity index (χ0n) is 25.7. The molecule has 0 amide bonds. The summed E-state index contributed by atoms with van der Waals surface area (Å²) in [5.74, 6) is -0.589. The predicted octanol–water partition coefficient (Wildman–Crippen LogP) is 7.32. The smallest absolute Gasteiger partial charge is 0.417 e. The number of hydrogen-bond acceptors (Lipinski definition) is 8. The Balaban J connectivity index is 1.42. The molecular formula is C33H24ClF3N6O4S. The Hall–Kier alpha value is -5.26. The van der Waals surface area contributed by atoms with Crippen LogP contribution < -0.4 is 10.3 Å². The number of carboxylic acid groups (broad SMARTS) is 1. The van der Waals surface area contributed by atoms with Crippen molar-refractivity contribution in [1.29, 1.82) is 5.26 Å². The molecule has 6 aromatic rings. The van der Waals surface area contributed by atoms with Crippen LogP contribution in [0, 0.1) is 32.1 Å². The first-order valence-electron chi connectivity index (χ1n) is 14.3. The molecule has 0 aliphatic rings. The molecule has 48 heavy (non-hydrogen) atoms. The zero-order chi connectivity index (χ0) is 34.7. The van der Waals surface area contributed by atoms with Gasteiger partial charge in [0, 0.05) is 51.1 Å². The van der Waals surface area contributed by atoms with E-state index in [4.69, 9.17) is 16.3 Å². The number of rotatable bonds is 7. The summed E-state index contributed by atoms with van der Waals surface area (Å²) in [7, 11) is 1.56. The van der Waals surface area contributed by atoms with E-state index in [-0.39, 0.29) is 41.0 Å². The number of hydrogen-bond donors (Lipinski definition) is 1. The SMILES string of the molecule is Cc1cc(-c2cc(Cl)ccc2OCCn2c(C)nc3cc(C(F)(F)F)c(-c4cnn(C)c4C)c(C#N)c3c2=O)c2scc(C(=O)O)c2n1. The average Bonchev–Trinajstić information content (AvgIpc) is 3.60. The molecule has 244 valence electrons. The van der Waals surface area contributed by atoms with Crippen LogP contribution in [0.2, 0.25) is 5.02 Å². The normalized spacial score (nSPS) is 11.7. The van der Waals surface area contributed by atoms with Crippen molar-refractivity contribution in [2.75, 3.05) is 6.61 Å². The van der Waals surface area contributed by atoms with Gasteiger partial charge in [-0.2, -0.15) is 23.5 Å². The van der Waals surface area contributed by atoms with E-state index in [1.807, 2.05) is 6.07 Å². The summed E-state index contributed by atoms with van der Waals surface area (Å²) in [6.45, 7) is 4.67. The monoisotopic (exact) mass is 692 g/mol. The van der Waals surface area contributed by atoms with E-state index >= 15 is 0 Å². The highest BCUT2D eigenvalue weighted by atomic mass is 35.5. The number of nitrogens with zero attached hydrogens (tertiary/aromatic N) is 6. The molecule has 0 spiro atoms. The summed E-state index contributed by atoms with van der Waals surface area (Å²) in [5.41, 5.74) is -0.245. The summed E-state index contributed by atoms with van der Waals surface area (Å²) in [6, 6.07) is 9.38. The number of thiophene rings is 1. The van der Waals surface area contributed by atoms with Gasteiger partial charge in [-0.3, -0.25) is 19.0 Å². The average molecular weight is 693 g/mol. The largest absolute Gasteiger partial charge is 0.491 e. The second kappa shape index (κ2) is 12.1. The van der Waals surface area contributed by atoms with Crippen molar-refractivity contribution in [3.8, 4) is 34.1 Å². The van der Waals surface area contributed by atoms with Gasteiger partial charge in [-0.15, -0.1) is 11.3 Å². The van der Waals surface area contributed by atoms with Crippen LogP contribution in [-0.2, 0) is 19.8 Å². The fraction of sp³-hybridized carbons (Fsp3) is 0.212. The number of pyridine rings is 1. The van der Waals surface area contributed by atoms with Crippen LogP contribution in [0.3, 0.4) is 0 Å². The summed E-state index contributed by atoms with van der Waals surface area (Å²) in [4.78, 5) is 34.5. The summed E-state index contributed by atoms with van der Waals surface area (Å²) in [5, 5.41) is 25.5. The minimum atomic E-state index is -4.84. The molecule has 0 aliphatic carbocycles. The number of aromatic carboxylic acids is 1. The molecule has 4 heterocycles. The van der Waals surface area contributed by atoms with Crippen LogP contribution in [0.1, 0.15) is 38.7 Å². The molecule has 0 radical (unpaired) electrons. The molecule has 0 fully saturated rings. The van der Waals surface area contributed by atoms with Crippen molar-refractivity contribution in [1.82, 2.24) is 24.3 Å². The number of carboxylic acids is 1. The van der Waals surface area contributed by atoms with E-state index < -0.39 is 34.4 Å². The van der Waals surface area contributed by atoms with E-state index in [9.17, 15) is 33.1 Å². The van der Waals surface area contributed by atoms with Crippen LogP contribution in [-0.4, -0.2) is 42.0 Å². The topological polar surface area (TPSA) is 136 Å². The van der Waals surface area contributed by atoms with Gasteiger partial charge >= 0.3 is 12.1 Å². The highest BCUT2D eigenvalue weighted by Gasteiger charge is 2.37. The molecule has 0 aliphatic heterocycles. The maximum atomic E-state index is 14.3. The molecule has 6 rings (SSSR count). The van der Waals surface area contributed by atoms with Gasteiger partial charge in [-0.1, -0.05) is 11.6 Å². The lowest BCUT2D eigenvalue weighted by atomic mass is 9.92. The van der Waals surface area contributed by atoms with Crippen LogP contribution in [0.4, 0.5) is 13.2 Å². The Labute approximate surface area is 279 Å². The second-order valence-electron chi connectivity index (χ2n) is 11.0. The Morgan fingerprint density at radius 2 is 1.88 bits per heavy atom. The predicted molar refractivity (Wildman–Crippen MR) is 175 cm³/mol. The number of ether oxygens (including phenoxy) is 1. The van der Waals surface area contributed by atoms with Gasteiger partial charge in [0.15, 0.2) is 0 Å². The maximum Gasteiger partial charge on any atom is 0.417 e. The molecule has 0 saturated carbocycles. The molecule has 10 nitrogen and oxygen atoms in total. The van der Waals surface area contributed by atoms with Crippen LogP contribution in [0.25, 0.3) is 43.4 Å². The van der Waals surface area contributed by atoms with Gasteiger partial charge in [-0.05, 0) is 51.1 Å². The van der Waals surface area contributed by atoms with Gasteiger partial charge in [-0.25, -0.2) is 9.78 Å². The third kappa shape index (κ3) is 5.54. The number of halogens is 4. The van der Waals surface area contributed by atoms with Gasteiger partial charge in [0.25, 0.3) is 5.56 Å². The number of carbonyl (C=O) groups is 1. The van der Waals surface area contributed by atoms with Crippen molar-refractivity contribution in [2.24, 2.45) is 7.05 Å². The van der Waals surface area contributed by atoms with Gasteiger partial charge in [0.1, 0.15) is 24.3 Å². The minimum Gasteiger partial charge on any atom is -0.491 e. The first-order chi connectivity index (χ1) is 22.7. The summed E-state index contributed by atoms with van der Waals surface area (Å²) in [6.07, 6.45) is -3.61. The molecular weight excluding hydrogens is 669 g/mol. The molecule has 0 atom stereocenters.